The van der Waals surface area contributed by atoms with E-state index in [2.05, 4.69) is 30.5 Å². The van der Waals surface area contributed by atoms with E-state index in [0.29, 0.717) is 24.8 Å². The predicted octanol–water partition coefficient (Wildman–Crippen LogP) is 0.722. The van der Waals surface area contributed by atoms with Crippen LogP contribution in [0.4, 0.5) is 0 Å². The molecular weight excluding hydrogens is 399 g/mol. The highest BCUT2D eigenvalue weighted by Crippen LogP contribution is 2.01. The van der Waals surface area contributed by atoms with Gasteiger partial charge in [0, 0.05) is 27.6 Å². The zero-order valence-corrected chi connectivity index (χ0v) is 15.5. The summed E-state index contributed by atoms with van der Waals surface area (Å²) in [5.41, 5.74) is 0. The molecule has 2 aromatic rings. The van der Waals surface area contributed by atoms with Gasteiger partial charge in [-0.25, -0.2) is 9.98 Å². The SMILES string of the molecule is CCNC(=NCc1noc(C)n1)N(C)Cc1ncnn1C.I. The van der Waals surface area contributed by atoms with Crippen LogP contribution in [0.2, 0.25) is 0 Å². The molecule has 10 heteroatoms. The molecule has 122 valence electrons. The molecule has 0 bridgehead atoms. The van der Waals surface area contributed by atoms with Crippen molar-refractivity contribution in [2.45, 2.75) is 26.9 Å². The monoisotopic (exact) mass is 420 g/mol. The first-order chi connectivity index (χ1) is 10.1. The molecule has 2 aromatic heterocycles. The Morgan fingerprint density at radius 1 is 1.50 bits per heavy atom. The van der Waals surface area contributed by atoms with Crippen LogP contribution in [0.5, 0.6) is 0 Å². The number of hydrogen-bond donors (Lipinski definition) is 1. The predicted molar refractivity (Wildman–Crippen MR) is 91.7 cm³/mol. The van der Waals surface area contributed by atoms with Crippen molar-refractivity contribution in [3.8, 4) is 0 Å². The van der Waals surface area contributed by atoms with Crippen molar-refractivity contribution in [1.29, 1.82) is 0 Å². The molecule has 22 heavy (non-hydrogen) atoms. The molecule has 2 heterocycles. The van der Waals surface area contributed by atoms with E-state index in [-0.39, 0.29) is 24.0 Å². The van der Waals surface area contributed by atoms with E-state index in [1.54, 1.807) is 11.6 Å². The molecule has 0 aliphatic carbocycles. The van der Waals surface area contributed by atoms with E-state index >= 15 is 0 Å². The fraction of sp³-hybridized carbons (Fsp3) is 0.583. The topological polar surface area (TPSA) is 97.3 Å². The Morgan fingerprint density at radius 3 is 2.82 bits per heavy atom. The lowest BCUT2D eigenvalue weighted by Crippen LogP contribution is -2.39. The average molecular weight is 420 g/mol. The van der Waals surface area contributed by atoms with Crippen molar-refractivity contribution in [1.82, 2.24) is 35.1 Å². The first-order valence-electron chi connectivity index (χ1n) is 6.71. The summed E-state index contributed by atoms with van der Waals surface area (Å²) in [6, 6.07) is 0. The summed E-state index contributed by atoms with van der Waals surface area (Å²) < 4.78 is 6.67. The maximum Gasteiger partial charge on any atom is 0.223 e. The third-order valence-electron chi connectivity index (χ3n) is 2.82. The van der Waals surface area contributed by atoms with Crippen molar-refractivity contribution in [3.63, 3.8) is 0 Å². The summed E-state index contributed by atoms with van der Waals surface area (Å²) in [7, 11) is 3.81. The number of guanidine groups is 1. The molecule has 0 fully saturated rings. The number of rotatable bonds is 5. The minimum Gasteiger partial charge on any atom is -0.357 e. The van der Waals surface area contributed by atoms with Gasteiger partial charge >= 0.3 is 0 Å². The van der Waals surface area contributed by atoms with E-state index < -0.39 is 0 Å². The number of nitrogens with one attached hydrogen (secondary N) is 1. The number of aliphatic imine (C=N–C) groups is 1. The van der Waals surface area contributed by atoms with Gasteiger partial charge in [0.25, 0.3) is 0 Å². The van der Waals surface area contributed by atoms with Gasteiger partial charge in [0.05, 0.1) is 6.54 Å². The second kappa shape index (κ2) is 8.66. The Kier molecular flexibility index (Phi) is 7.21. The fourth-order valence-corrected chi connectivity index (χ4v) is 1.77. The molecule has 0 amide bonds. The smallest absolute Gasteiger partial charge is 0.223 e. The van der Waals surface area contributed by atoms with Crippen LogP contribution < -0.4 is 5.32 Å². The van der Waals surface area contributed by atoms with E-state index in [1.807, 2.05) is 25.9 Å². The largest absolute Gasteiger partial charge is 0.357 e. The molecule has 0 saturated carbocycles. The van der Waals surface area contributed by atoms with Crippen molar-refractivity contribution >= 4 is 29.9 Å². The Bertz CT molecular complexity index is 608. The van der Waals surface area contributed by atoms with Gasteiger partial charge in [0.1, 0.15) is 18.7 Å². The van der Waals surface area contributed by atoms with Gasteiger partial charge in [-0.15, -0.1) is 24.0 Å². The Hall–Kier alpha value is -1.72. The maximum absolute atomic E-state index is 4.93. The normalized spacial score (nSPS) is 11.2. The molecule has 0 radical (unpaired) electrons. The number of hydrogen-bond acceptors (Lipinski definition) is 6. The number of aromatic nitrogens is 5. The summed E-state index contributed by atoms with van der Waals surface area (Å²) in [4.78, 5) is 14.8. The highest BCUT2D eigenvalue weighted by atomic mass is 127. The number of halogens is 1. The molecule has 0 unspecified atom stereocenters. The van der Waals surface area contributed by atoms with Crippen LogP contribution in [0.3, 0.4) is 0 Å². The molecule has 0 aliphatic heterocycles. The standard InChI is InChI=1S/C12H20N8O.HI/c1-5-13-12(14-6-10-17-9(2)21-18-10)19(3)7-11-15-8-16-20(11)4;/h8H,5-7H2,1-4H3,(H,13,14);1H. The summed E-state index contributed by atoms with van der Waals surface area (Å²) in [5, 5.41) is 11.1. The molecule has 1 N–H and O–H groups in total. The molecule has 0 saturated heterocycles. The van der Waals surface area contributed by atoms with Crippen LogP contribution >= 0.6 is 24.0 Å². The number of aryl methyl sites for hydroxylation is 2. The molecule has 0 atom stereocenters. The molecule has 9 nitrogen and oxygen atoms in total. The van der Waals surface area contributed by atoms with Gasteiger partial charge < -0.3 is 14.7 Å². The van der Waals surface area contributed by atoms with Crippen molar-refractivity contribution in [3.05, 3.63) is 23.9 Å². The maximum atomic E-state index is 4.93. The minimum atomic E-state index is 0. The van der Waals surface area contributed by atoms with Crippen molar-refractivity contribution < 1.29 is 4.52 Å². The average Bonchev–Trinajstić information content (AvgIpc) is 3.04. The van der Waals surface area contributed by atoms with Crippen LogP contribution in [0, 0.1) is 6.92 Å². The van der Waals surface area contributed by atoms with E-state index in [0.717, 1.165) is 18.3 Å². The van der Waals surface area contributed by atoms with Crippen LogP contribution in [0.25, 0.3) is 0 Å². The first-order valence-corrected chi connectivity index (χ1v) is 6.71. The summed E-state index contributed by atoms with van der Waals surface area (Å²) in [6.45, 7) is 5.51. The molecule has 0 aromatic carbocycles. The second-order valence-corrected chi connectivity index (χ2v) is 4.56. The van der Waals surface area contributed by atoms with Crippen LogP contribution in [0.15, 0.2) is 15.8 Å². The zero-order chi connectivity index (χ0) is 15.2. The second-order valence-electron chi connectivity index (χ2n) is 4.56. The Morgan fingerprint density at radius 2 is 2.27 bits per heavy atom. The lowest BCUT2D eigenvalue weighted by Gasteiger charge is -2.21. The Balaban J connectivity index is 0.00000242. The van der Waals surface area contributed by atoms with Gasteiger partial charge in [-0.2, -0.15) is 10.1 Å². The third kappa shape index (κ3) is 4.93. The van der Waals surface area contributed by atoms with Crippen molar-refractivity contribution in [2.24, 2.45) is 12.0 Å². The van der Waals surface area contributed by atoms with Crippen LogP contribution in [0.1, 0.15) is 24.5 Å². The molecule has 2 rings (SSSR count). The summed E-state index contributed by atoms with van der Waals surface area (Å²) in [5.74, 6) is 2.72. The van der Waals surface area contributed by atoms with E-state index in [9.17, 15) is 0 Å². The van der Waals surface area contributed by atoms with E-state index in [1.165, 1.54) is 6.33 Å². The van der Waals surface area contributed by atoms with E-state index in [4.69, 9.17) is 4.52 Å². The van der Waals surface area contributed by atoms with Gasteiger partial charge in [0.2, 0.25) is 5.89 Å². The highest BCUT2D eigenvalue weighted by Gasteiger charge is 2.10. The Labute approximate surface area is 146 Å². The fourth-order valence-electron chi connectivity index (χ4n) is 1.77. The van der Waals surface area contributed by atoms with Crippen LogP contribution in [-0.2, 0) is 20.1 Å². The molecule has 0 aliphatic rings. The van der Waals surface area contributed by atoms with Gasteiger partial charge in [-0.1, -0.05) is 5.16 Å². The highest BCUT2D eigenvalue weighted by molar-refractivity contribution is 14.0. The minimum absolute atomic E-state index is 0. The quantitative estimate of drug-likeness (QED) is 0.433. The van der Waals surface area contributed by atoms with Crippen molar-refractivity contribution in [2.75, 3.05) is 13.6 Å². The molecular formula is C12H21IN8O. The van der Waals surface area contributed by atoms with Gasteiger partial charge in [-0.05, 0) is 6.92 Å². The van der Waals surface area contributed by atoms with Gasteiger partial charge in [0.15, 0.2) is 11.8 Å². The summed E-state index contributed by atoms with van der Waals surface area (Å²) >= 11 is 0. The lowest BCUT2D eigenvalue weighted by molar-refractivity contribution is 0.387. The summed E-state index contributed by atoms with van der Waals surface area (Å²) in [6.07, 6.45) is 1.54. The zero-order valence-electron chi connectivity index (χ0n) is 13.1. The molecule has 0 spiro atoms. The van der Waals surface area contributed by atoms with Gasteiger partial charge in [-0.3, -0.25) is 4.68 Å². The third-order valence-corrected chi connectivity index (χ3v) is 2.82. The first kappa shape index (κ1) is 18.3. The van der Waals surface area contributed by atoms with Crippen LogP contribution in [-0.4, -0.2) is 49.4 Å². The lowest BCUT2D eigenvalue weighted by atomic mass is 10.5. The number of nitrogens with zero attached hydrogens (tertiary/aromatic N) is 7.